The summed E-state index contributed by atoms with van der Waals surface area (Å²) >= 11 is 0. The first kappa shape index (κ1) is 17.8. The van der Waals surface area contributed by atoms with Gasteiger partial charge in [0.05, 0.1) is 25.5 Å². The van der Waals surface area contributed by atoms with Gasteiger partial charge in [-0.05, 0) is 5.56 Å². The van der Waals surface area contributed by atoms with E-state index in [4.69, 9.17) is 4.74 Å². The van der Waals surface area contributed by atoms with Crippen LogP contribution in [0.2, 0.25) is 0 Å². The van der Waals surface area contributed by atoms with Crippen molar-refractivity contribution in [2.24, 2.45) is 0 Å². The van der Waals surface area contributed by atoms with Gasteiger partial charge >= 0.3 is 6.18 Å². The molecule has 0 bridgehead atoms. The molecule has 6 nitrogen and oxygen atoms in total. The molecule has 0 spiro atoms. The van der Waals surface area contributed by atoms with Crippen molar-refractivity contribution < 1.29 is 22.7 Å². The van der Waals surface area contributed by atoms with Gasteiger partial charge in [0.1, 0.15) is 11.4 Å². The number of halogens is 3. The maximum Gasteiger partial charge on any atom is 0.410 e. The second-order valence-electron chi connectivity index (χ2n) is 6.66. The number of ether oxygens (including phenoxy) is 1. The summed E-state index contributed by atoms with van der Waals surface area (Å²) in [7, 11) is 0. The van der Waals surface area contributed by atoms with Crippen LogP contribution < -0.4 is 5.32 Å². The first-order valence-corrected chi connectivity index (χ1v) is 8.78. The van der Waals surface area contributed by atoms with E-state index in [9.17, 15) is 18.0 Å². The van der Waals surface area contributed by atoms with E-state index < -0.39 is 18.3 Å². The van der Waals surface area contributed by atoms with Crippen molar-refractivity contribution in [3.63, 3.8) is 0 Å². The van der Waals surface area contributed by atoms with E-state index in [-0.39, 0.29) is 23.7 Å². The SMILES string of the molecule is O=C(c1cnn2c1N[C@H](c1ccccc1)C[C@@H]2C(F)(F)F)N1CCOCC1. The number of hydrogen-bond donors (Lipinski definition) is 1. The summed E-state index contributed by atoms with van der Waals surface area (Å²) in [6.07, 6.45) is -3.42. The Labute approximate surface area is 153 Å². The maximum absolute atomic E-state index is 13.7. The Hall–Kier alpha value is -2.55. The Morgan fingerprint density at radius 1 is 1.19 bits per heavy atom. The van der Waals surface area contributed by atoms with Gasteiger partial charge in [-0.1, -0.05) is 30.3 Å². The number of carbonyl (C=O) groups excluding carboxylic acids is 1. The summed E-state index contributed by atoms with van der Waals surface area (Å²) in [4.78, 5) is 14.4. The van der Waals surface area contributed by atoms with Gasteiger partial charge in [-0.3, -0.25) is 4.79 Å². The molecule has 3 heterocycles. The van der Waals surface area contributed by atoms with Crippen molar-refractivity contribution in [3.05, 3.63) is 47.7 Å². The molecule has 1 aromatic carbocycles. The van der Waals surface area contributed by atoms with Crippen molar-refractivity contribution in [3.8, 4) is 0 Å². The molecule has 1 saturated heterocycles. The largest absolute Gasteiger partial charge is 0.410 e. The molecule has 1 amide bonds. The van der Waals surface area contributed by atoms with Crippen LogP contribution in [0.4, 0.5) is 19.0 Å². The lowest BCUT2D eigenvalue weighted by molar-refractivity contribution is -0.173. The molecule has 1 N–H and O–H groups in total. The summed E-state index contributed by atoms with van der Waals surface area (Å²) in [5.41, 5.74) is 0.899. The minimum atomic E-state index is -4.46. The number of amides is 1. The van der Waals surface area contributed by atoms with E-state index in [1.54, 1.807) is 29.2 Å². The molecule has 4 rings (SSSR count). The number of anilines is 1. The number of nitrogens with one attached hydrogen (secondary N) is 1. The molecule has 1 fully saturated rings. The fourth-order valence-corrected chi connectivity index (χ4v) is 3.56. The average molecular weight is 380 g/mol. The Morgan fingerprint density at radius 2 is 1.89 bits per heavy atom. The van der Waals surface area contributed by atoms with Crippen LogP contribution in [0.5, 0.6) is 0 Å². The number of fused-ring (bicyclic) bond motifs is 1. The smallest absolute Gasteiger partial charge is 0.378 e. The topological polar surface area (TPSA) is 59.4 Å². The van der Waals surface area contributed by atoms with Crippen LogP contribution >= 0.6 is 0 Å². The first-order valence-electron chi connectivity index (χ1n) is 8.78. The number of hydrogen-bond acceptors (Lipinski definition) is 4. The molecule has 0 radical (unpaired) electrons. The molecule has 2 aliphatic rings. The highest BCUT2D eigenvalue weighted by Crippen LogP contribution is 2.44. The molecule has 27 heavy (non-hydrogen) atoms. The quantitative estimate of drug-likeness (QED) is 0.870. The molecule has 9 heteroatoms. The van der Waals surface area contributed by atoms with Crippen LogP contribution in [-0.4, -0.2) is 53.1 Å². The third kappa shape index (κ3) is 3.39. The molecule has 2 aliphatic heterocycles. The fraction of sp³-hybridized carbons (Fsp3) is 0.444. The number of rotatable bonds is 2. The molecule has 2 aromatic rings. The molecule has 144 valence electrons. The molecule has 0 saturated carbocycles. The molecule has 1 aromatic heterocycles. The monoisotopic (exact) mass is 380 g/mol. The lowest BCUT2D eigenvalue weighted by atomic mass is 9.96. The van der Waals surface area contributed by atoms with Crippen LogP contribution in [0, 0.1) is 0 Å². The van der Waals surface area contributed by atoms with E-state index in [1.165, 1.54) is 6.20 Å². The predicted molar refractivity (Wildman–Crippen MR) is 91.5 cm³/mol. The van der Waals surface area contributed by atoms with Crippen molar-refractivity contribution >= 4 is 11.7 Å². The van der Waals surface area contributed by atoms with Gasteiger partial charge in [0.25, 0.3) is 5.91 Å². The van der Waals surface area contributed by atoms with E-state index >= 15 is 0 Å². The number of carbonyl (C=O) groups is 1. The molecular weight excluding hydrogens is 361 g/mol. The maximum atomic E-state index is 13.7. The van der Waals surface area contributed by atoms with Gasteiger partial charge in [-0.2, -0.15) is 18.3 Å². The second-order valence-corrected chi connectivity index (χ2v) is 6.66. The van der Waals surface area contributed by atoms with Crippen LogP contribution in [-0.2, 0) is 4.74 Å². The van der Waals surface area contributed by atoms with E-state index in [0.29, 0.717) is 26.3 Å². The van der Waals surface area contributed by atoms with Gasteiger partial charge in [0.2, 0.25) is 0 Å². The molecule has 0 unspecified atom stereocenters. The third-order valence-electron chi connectivity index (χ3n) is 4.97. The van der Waals surface area contributed by atoms with Gasteiger partial charge < -0.3 is 15.0 Å². The summed E-state index contributed by atoms with van der Waals surface area (Å²) < 4.78 is 47.2. The summed E-state index contributed by atoms with van der Waals surface area (Å²) in [5, 5.41) is 7.01. The molecule has 2 atom stereocenters. The number of aromatic nitrogens is 2. The fourth-order valence-electron chi connectivity index (χ4n) is 3.56. The van der Waals surface area contributed by atoms with Crippen LogP contribution in [0.3, 0.4) is 0 Å². The number of alkyl halides is 3. The van der Waals surface area contributed by atoms with Crippen LogP contribution in [0.25, 0.3) is 0 Å². The zero-order valence-electron chi connectivity index (χ0n) is 14.4. The van der Waals surface area contributed by atoms with Gasteiger partial charge in [-0.15, -0.1) is 0 Å². The lowest BCUT2D eigenvalue weighted by Gasteiger charge is -2.34. The lowest BCUT2D eigenvalue weighted by Crippen LogP contribution is -2.41. The number of nitrogens with zero attached hydrogens (tertiary/aromatic N) is 3. The van der Waals surface area contributed by atoms with Crippen molar-refractivity contribution in [1.29, 1.82) is 0 Å². The van der Waals surface area contributed by atoms with Crippen LogP contribution in [0.1, 0.15) is 34.4 Å². The Kier molecular flexibility index (Phi) is 4.55. The third-order valence-corrected chi connectivity index (χ3v) is 4.97. The summed E-state index contributed by atoms with van der Waals surface area (Å²) in [6.45, 7) is 1.66. The Balaban J connectivity index is 1.71. The van der Waals surface area contributed by atoms with E-state index in [2.05, 4.69) is 10.4 Å². The summed E-state index contributed by atoms with van der Waals surface area (Å²) in [6, 6.07) is 6.59. The van der Waals surface area contributed by atoms with Crippen molar-refractivity contribution in [1.82, 2.24) is 14.7 Å². The predicted octanol–water partition coefficient (Wildman–Crippen LogP) is 3.02. The zero-order valence-corrected chi connectivity index (χ0v) is 14.4. The highest BCUT2D eigenvalue weighted by molar-refractivity contribution is 5.99. The number of morpholine rings is 1. The average Bonchev–Trinajstić information content (AvgIpc) is 3.11. The van der Waals surface area contributed by atoms with Gasteiger partial charge in [-0.25, -0.2) is 4.68 Å². The zero-order chi connectivity index (χ0) is 19.0. The minimum absolute atomic E-state index is 0.119. The van der Waals surface area contributed by atoms with E-state index in [1.807, 2.05) is 6.07 Å². The van der Waals surface area contributed by atoms with E-state index in [0.717, 1.165) is 10.2 Å². The van der Waals surface area contributed by atoms with Gasteiger partial charge in [0, 0.05) is 19.5 Å². The standard InChI is InChI=1S/C18H19F3N4O2/c19-18(20,21)15-10-14(12-4-2-1-3-5-12)23-16-13(11-22-25(15)16)17(26)24-6-8-27-9-7-24/h1-5,11,14-15,23H,6-10H2/t14-,15+/m0/s1. The minimum Gasteiger partial charge on any atom is -0.378 e. The van der Waals surface area contributed by atoms with Crippen LogP contribution in [0.15, 0.2) is 36.5 Å². The second kappa shape index (κ2) is 6.88. The summed E-state index contributed by atoms with van der Waals surface area (Å²) in [5.74, 6) is -0.212. The number of benzene rings is 1. The molecule has 0 aliphatic carbocycles. The highest BCUT2D eigenvalue weighted by atomic mass is 19.4. The molecular formula is C18H19F3N4O2. The van der Waals surface area contributed by atoms with Gasteiger partial charge in [0.15, 0.2) is 6.04 Å². The van der Waals surface area contributed by atoms with Crippen molar-refractivity contribution in [2.45, 2.75) is 24.7 Å². The Bertz CT molecular complexity index is 816. The normalized spacial score (nSPS) is 22.9. The Morgan fingerprint density at radius 3 is 2.56 bits per heavy atom. The first-order chi connectivity index (χ1) is 12.9. The highest BCUT2D eigenvalue weighted by Gasteiger charge is 2.47. The van der Waals surface area contributed by atoms with Crippen molar-refractivity contribution in [2.75, 3.05) is 31.6 Å².